The average molecular weight is 396 g/mol. The Labute approximate surface area is 162 Å². The van der Waals surface area contributed by atoms with Gasteiger partial charge in [0.15, 0.2) is 18.1 Å². The lowest BCUT2D eigenvalue weighted by molar-refractivity contribution is -0.385. The van der Waals surface area contributed by atoms with E-state index in [1.54, 1.807) is 11.8 Å². The molecule has 0 spiro atoms. The zero-order valence-corrected chi connectivity index (χ0v) is 16.3. The smallest absolute Gasteiger partial charge is 0.345 e. The number of nitro groups is 1. The van der Waals surface area contributed by atoms with Gasteiger partial charge in [0.05, 0.1) is 36.9 Å². The molecule has 0 N–H and O–H groups in total. The summed E-state index contributed by atoms with van der Waals surface area (Å²) < 4.78 is 21.0. The van der Waals surface area contributed by atoms with Crippen molar-refractivity contribution in [3.05, 3.63) is 27.8 Å². The predicted octanol–water partition coefficient (Wildman–Crippen LogP) is 1.79. The van der Waals surface area contributed by atoms with Crippen LogP contribution in [0.1, 0.15) is 31.1 Å². The van der Waals surface area contributed by atoms with Crippen molar-refractivity contribution in [3.8, 4) is 11.5 Å². The van der Waals surface area contributed by atoms with Gasteiger partial charge in [0.2, 0.25) is 0 Å². The van der Waals surface area contributed by atoms with Crippen LogP contribution in [0, 0.1) is 10.1 Å². The van der Waals surface area contributed by atoms with Crippen molar-refractivity contribution in [1.82, 2.24) is 4.90 Å². The Bertz CT molecular complexity index is 741. The standard InChI is InChI=1S/C18H24N2O8/c1-5-26-16-6-13(14(20(23)24)7-15(16)25-4)18(22)27-10-17(21)19-8-11(2)28-12(3)9-19/h6-7,11-12H,5,8-10H2,1-4H3/t11-,12-/m0/s1. The van der Waals surface area contributed by atoms with Crippen molar-refractivity contribution in [2.75, 3.05) is 33.4 Å². The Hall–Kier alpha value is -2.88. The molecular formula is C18H24N2O8. The molecule has 1 amide bonds. The van der Waals surface area contributed by atoms with Gasteiger partial charge in [-0.25, -0.2) is 4.79 Å². The quantitative estimate of drug-likeness (QED) is 0.389. The molecule has 1 aromatic rings. The molecule has 0 bridgehead atoms. The number of ether oxygens (including phenoxy) is 4. The second kappa shape index (κ2) is 9.36. The molecule has 1 aliphatic rings. The highest BCUT2D eigenvalue weighted by atomic mass is 16.6. The van der Waals surface area contributed by atoms with Crippen LogP contribution in [0.4, 0.5) is 5.69 Å². The number of methoxy groups -OCH3 is 1. The van der Waals surface area contributed by atoms with Crippen LogP contribution in [0.25, 0.3) is 0 Å². The summed E-state index contributed by atoms with van der Waals surface area (Å²) >= 11 is 0. The van der Waals surface area contributed by atoms with Gasteiger partial charge in [-0.05, 0) is 20.8 Å². The van der Waals surface area contributed by atoms with E-state index < -0.39 is 29.1 Å². The van der Waals surface area contributed by atoms with Crippen LogP contribution in [-0.4, -0.2) is 67.3 Å². The van der Waals surface area contributed by atoms with Gasteiger partial charge in [0.25, 0.3) is 11.6 Å². The van der Waals surface area contributed by atoms with E-state index in [9.17, 15) is 19.7 Å². The van der Waals surface area contributed by atoms with Gasteiger partial charge >= 0.3 is 5.97 Å². The summed E-state index contributed by atoms with van der Waals surface area (Å²) in [6.45, 7) is 5.94. The summed E-state index contributed by atoms with van der Waals surface area (Å²) in [5.74, 6) is -1.09. The first-order valence-electron chi connectivity index (χ1n) is 8.86. The number of benzene rings is 1. The third-order valence-corrected chi connectivity index (χ3v) is 4.10. The van der Waals surface area contributed by atoms with E-state index in [2.05, 4.69) is 0 Å². The highest BCUT2D eigenvalue weighted by molar-refractivity contribution is 5.96. The number of hydrogen-bond donors (Lipinski definition) is 0. The number of nitrogens with zero attached hydrogens (tertiary/aromatic N) is 2. The van der Waals surface area contributed by atoms with Crippen LogP contribution in [-0.2, 0) is 14.3 Å². The van der Waals surface area contributed by atoms with Gasteiger partial charge in [0, 0.05) is 19.2 Å². The Morgan fingerprint density at radius 1 is 1.25 bits per heavy atom. The normalized spacial score (nSPS) is 19.1. The first-order chi connectivity index (χ1) is 13.3. The van der Waals surface area contributed by atoms with Gasteiger partial charge in [-0.3, -0.25) is 14.9 Å². The number of rotatable bonds is 7. The number of esters is 1. The largest absolute Gasteiger partial charge is 0.493 e. The molecule has 10 nitrogen and oxygen atoms in total. The summed E-state index contributed by atoms with van der Waals surface area (Å²) in [5.41, 5.74) is -0.808. The van der Waals surface area contributed by atoms with Crippen LogP contribution in [0.3, 0.4) is 0 Å². The van der Waals surface area contributed by atoms with Gasteiger partial charge in [-0.15, -0.1) is 0 Å². The third kappa shape index (κ3) is 5.10. The summed E-state index contributed by atoms with van der Waals surface area (Å²) in [5, 5.41) is 11.3. The van der Waals surface area contributed by atoms with Gasteiger partial charge in [-0.2, -0.15) is 0 Å². The fraction of sp³-hybridized carbons (Fsp3) is 0.556. The van der Waals surface area contributed by atoms with E-state index >= 15 is 0 Å². The molecule has 2 rings (SSSR count). The van der Waals surface area contributed by atoms with Crippen LogP contribution in [0.5, 0.6) is 11.5 Å². The van der Waals surface area contributed by atoms with Crippen LogP contribution in [0.2, 0.25) is 0 Å². The first-order valence-corrected chi connectivity index (χ1v) is 8.86. The molecule has 1 aliphatic heterocycles. The zero-order chi connectivity index (χ0) is 20.8. The molecule has 1 saturated heterocycles. The monoisotopic (exact) mass is 396 g/mol. The van der Waals surface area contributed by atoms with Crippen molar-refractivity contribution >= 4 is 17.6 Å². The maximum absolute atomic E-state index is 12.4. The number of amides is 1. The molecule has 0 radical (unpaired) electrons. The van der Waals surface area contributed by atoms with Crippen molar-refractivity contribution in [2.45, 2.75) is 33.0 Å². The first kappa shape index (κ1) is 21.4. The van der Waals surface area contributed by atoms with Crippen LogP contribution in [0.15, 0.2) is 12.1 Å². The molecule has 2 atom stereocenters. The number of hydrogen-bond acceptors (Lipinski definition) is 8. The fourth-order valence-corrected chi connectivity index (χ4v) is 2.97. The molecule has 0 unspecified atom stereocenters. The number of nitro benzene ring substituents is 1. The molecule has 1 aromatic carbocycles. The molecule has 0 saturated carbocycles. The second-order valence-electron chi connectivity index (χ2n) is 6.34. The summed E-state index contributed by atoms with van der Waals surface area (Å²) in [7, 11) is 1.34. The Morgan fingerprint density at radius 2 is 1.89 bits per heavy atom. The summed E-state index contributed by atoms with van der Waals surface area (Å²) in [6, 6.07) is 2.28. The summed E-state index contributed by atoms with van der Waals surface area (Å²) in [4.78, 5) is 36.9. The summed E-state index contributed by atoms with van der Waals surface area (Å²) in [6.07, 6.45) is -0.250. The predicted molar refractivity (Wildman–Crippen MR) is 97.7 cm³/mol. The lowest BCUT2D eigenvalue weighted by atomic mass is 10.1. The molecule has 0 aromatic heterocycles. The van der Waals surface area contributed by atoms with E-state index in [4.69, 9.17) is 18.9 Å². The molecule has 0 aliphatic carbocycles. The lowest BCUT2D eigenvalue weighted by Crippen LogP contribution is -2.49. The third-order valence-electron chi connectivity index (χ3n) is 4.10. The average Bonchev–Trinajstić information content (AvgIpc) is 2.64. The number of morpholine rings is 1. The van der Waals surface area contributed by atoms with Crippen molar-refractivity contribution in [1.29, 1.82) is 0 Å². The minimum Gasteiger partial charge on any atom is -0.493 e. The minimum absolute atomic E-state index is 0.123. The SMILES string of the molecule is CCOc1cc(C(=O)OCC(=O)N2C[C@H](C)O[C@@H](C)C2)c([N+](=O)[O-])cc1OC. The number of carbonyl (C=O) groups is 2. The number of carbonyl (C=O) groups excluding carboxylic acids is 2. The zero-order valence-electron chi connectivity index (χ0n) is 16.3. The van der Waals surface area contributed by atoms with Crippen LogP contribution >= 0.6 is 0 Å². The van der Waals surface area contributed by atoms with Gasteiger partial charge in [0.1, 0.15) is 5.56 Å². The minimum atomic E-state index is -0.988. The lowest BCUT2D eigenvalue weighted by Gasteiger charge is -2.35. The Morgan fingerprint density at radius 3 is 2.43 bits per heavy atom. The van der Waals surface area contributed by atoms with E-state index in [-0.39, 0.29) is 35.9 Å². The van der Waals surface area contributed by atoms with E-state index in [1.165, 1.54) is 13.2 Å². The van der Waals surface area contributed by atoms with Crippen molar-refractivity contribution < 1.29 is 33.5 Å². The molecule has 28 heavy (non-hydrogen) atoms. The van der Waals surface area contributed by atoms with E-state index in [0.29, 0.717) is 13.1 Å². The van der Waals surface area contributed by atoms with Gasteiger partial charge < -0.3 is 23.8 Å². The Kier molecular flexibility index (Phi) is 7.16. The maximum Gasteiger partial charge on any atom is 0.345 e. The maximum atomic E-state index is 12.4. The van der Waals surface area contributed by atoms with Crippen LogP contribution < -0.4 is 9.47 Å². The van der Waals surface area contributed by atoms with Gasteiger partial charge in [-0.1, -0.05) is 0 Å². The van der Waals surface area contributed by atoms with Crippen molar-refractivity contribution in [3.63, 3.8) is 0 Å². The molecule has 10 heteroatoms. The second-order valence-corrected chi connectivity index (χ2v) is 6.34. The van der Waals surface area contributed by atoms with E-state index in [1.807, 2.05) is 13.8 Å². The molecular weight excluding hydrogens is 372 g/mol. The highest BCUT2D eigenvalue weighted by Crippen LogP contribution is 2.35. The topological polar surface area (TPSA) is 117 Å². The molecule has 1 heterocycles. The molecule has 1 fully saturated rings. The molecule has 154 valence electrons. The van der Waals surface area contributed by atoms with E-state index in [0.717, 1.165) is 6.07 Å². The highest BCUT2D eigenvalue weighted by Gasteiger charge is 2.29. The van der Waals surface area contributed by atoms with Crippen molar-refractivity contribution in [2.24, 2.45) is 0 Å². The Balaban J connectivity index is 2.15. The fourth-order valence-electron chi connectivity index (χ4n) is 2.97.